The summed E-state index contributed by atoms with van der Waals surface area (Å²) in [6.45, 7) is 13.5. The Hall–Kier alpha value is -0.573. The molecular formula is C10H20N2Si. The largest absolute Gasteiger partial charge is 0.270 e. The van der Waals surface area contributed by atoms with E-state index < -0.39 is 8.07 Å². The van der Waals surface area contributed by atoms with Crippen LogP contribution < -0.4 is 5.19 Å². The monoisotopic (exact) mass is 196 g/mol. The smallest absolute Gasteiger partial charge is 0.0820 e. The Bertz CT molecular complexity index is 294. The molecule has 0 spiro atoms. The van der Waals surface area contributed by atoms with Crippen molar-refractivity contribution in [3.63, 3.8) is 0 Å². The van der Waals surface area contributed by atoms with Crippen molar-refractivity contribution in [2.24, 2.45) is 0 Å². The minimum atomic E-state index is -1.19. The maximum atomic E-state index is 4.53. The van der Waals surface area contributed by atoms with Gasteiger partial charge >= 0.3 is 0 Å². The van der Waals surface area contributed by atoms with Crippen molar-refractivity contribution >= 4 is 13.3 Å². The average molecular weight is 196 g/mol. The summed E-state index contributed by atoms with van der Waals surface area (Å²) < 4.78 is 2.07. The van der Waals surface area contributed by atoms with Gasteiger partial charge in [0.2, 0.25) is 0 Å². The van der Waals surface area contributed by atoms with Crippen LogP contribution in [0.4, 0.5) is 0 Å². The molecule has 0 N–H and O–H groups in total. The molecule has 1 aromatic rings. The van der Waals surface area contributed by atoms with Crippen LogP contribution in [-0.2, 0) is 0 Å². The summed E-state index contributed by atoms with van der Waals surface area (Å²) in [6.07, 6.45) is 2.23. The number of hydrogen-bond donors (Lipinski definition) is 0. The van der Waals surface area contributed by atoms with Gasteiger partial charge in [-0.05, 0) is 26.0 Å². The van der Waals surface area contributed by atoms with Gasteiger partial charge in [0.1, 0.15) is 0 Å². The quantitative estimate of drug-likeness (QED) is 0.664. The van der Waals surface area contributed by atoms with Crippen LogP contribution in [0, 0.1) is 6.92 Å². The van der Waals surface area contributed by atoms with E-state index in [0.717, 1.165) is 0 Å². The van der Waals surface area contributed by atoms with Gasteiger partial charge < -0.3 is 0 Å². The van der Waals surface area contributed by atoms with Gasteiger partial charge in [-0.3, -0.25) is 4.68 Å². The van der Waals surface area contributed by atoms with Crippen LogP contribution in [0.3, 0.4) is 0 Å². The van der Waals surface area contributed by atoms with Gasteiger partial charge in [0.25, 0.3) is 0 Å². The summed E-state index contributed by atoms with van der Waals surface area (Å²) in [6, 6.07) is 0.476. The van der Waals surface area contributed by atoms with Crippen molar-refractivity contribution < 1.29 is 0 Å². The highest BCUT2D eigenvalue weighted by Crippen LogP contribution is 2.08. The fraction of sp³-hybridized carbons (Fsp3) is 0.700. The lowest BCUT2D eigenvalue weighted by Gasteiger charge is -2.14. The molecule has 0 bridgehead atoms. The standard InChI is InChI=1S/C10H20N2Si/c1-8(2)12-7-10(9(3)11-12)13(4,5)6/h7-8H,1-6H3. The van der Waals surface area contributed by atoms with E-state index in [1.807, 2.05) is 0 Å². The van der Waals surface area contributed by atoms with E-state index in [9.17, 15) is 0 Å². The summed E-state index contributed by atoms with van der Waals surface area (Å²) in [7, 11) is -1.19. The third-order valence-corrected chi connectivity index (χ3v) is 4.36. The molecule has 0 aromatic carbocycles. The van der Waals surface area contributed by atoms with E-state index in [4.69, 9.17) is 0 Å². The summed E-state index contributed by atoms with van der Waals surface area (Å²) in [5.41, 5.74) is 1.22. The molecule has 0 fully saturated rings. The molecule has 0 aliphatic carbocycles. The van der Waals surface area contributed by atoms with Crippen molar-refractivity contribution in [2.75, 3.05) is 0 Å². The molecule has 3 heteroatoms. The lowest BCUT2D eigenvalue weighted by molar-refractivity contribution is 0.529. The minimum Gasteiger partial charge on any atom is -0.270 e. The van der Waals surface area contributed by atoms with Gasteiger partial charge in [0.15, 0.2) is 0 Å². The molecule has 0 saturated heterocycles. The highest BCUT2D eigenvalue weighted by molar-refractivity contribution is 6.88. The molecule has 1 rings (SSSR count). The average Bonchev–Trinajstić information content (AvgIpc) is 2.29. The van der Waals surface area contributed by atoms with Gasteiger partial charge in [-0.15, -0.1) is 0 Å². The molecule has 0 atom stereocenters. The molecule has 0 aliphatic rings. The fourth-order valence-corrected chi connectivity index (χ4v) is 3.14. The maximum Gasteiger partial charge on any atom is 0.0820 e. The number of rotatable bonds is 2. The van der Waals surface area contributed by atoms with Crippen LogP contribution in [0.1, 0.15) is 25.6 Å². The minimum absolute atomic E-state index is 0.476. The van der Waals surface area contributed by atoms with Crippen LogP contribution in [0.5, 0.6) is 0 Å². The van der Waals surface area contributed by atoms with Crippen LogP contribution in [0.15, 0.2) is 6.20 Å². The Morgan fingerprint density at radius 2 is 1.85 bits per heavy atom. The number of nitrogens with zero attached hydrogens (tertiary/aromatic N) is 2. The molecule has 0 amide bonds. The lowest BCUT2D eigenvalue weighted by atomic mass is 10.4. The Kier molecular flexibility index (Phi) is 2.66. The van der Waals surface area contributed by atoms with E-state index in [-0.39, 0.29) is 0 Å². The molecule has 1 heterocycles. The van der Waals surface area contributed by atoms with E-state index in [1.54, 1.807) is 0 Å². The maximum absolute atomic E-state index is 4.53. The van der Waals surface area contributed by atoms with E-state index >= 15 is 0 Å². The molecule has 13 heavy (non-hydrogen) atoms. The van der Waals surface area contributed by atoms with Gasteiger partial charge in [-0.2, -0.15) is 5.10 Å². The number of aromatic nitrogens is 2. The molecule has 0 aliphatic heterocycles. The Morgan fingerprint density at radius 3 is 2.08 bits per heavy atom. The zero-order valence-corrected chi connectivity index (χ0v) is 10.5. The molecule has 0 saturated carbocycles. The molecule has 0 radical (unpaired) electrons. The van der Waals surface area contributed by atoms with Gasteiger partial charge in [0, 0.05) is 12.2 Å². The van der Waals surface area contributed by atoms with Gasteiger partial charge in [-0.1, -0.05) is 19.6 Å². The van der Waals surface area contributed by atoms with Crippen molar-refractivity contribution in [3.05, 3.63) is 11.9 Å². The molecule has 2 nitrogen and oxygen atoms in total. The van der Waals surface area contributed by atoms with E-state index in [0.29, 0.717) is 6.04 Å². The molecular weight excluding hydrogens is 176 g/mol. The van der Waals surface area contributed by atoms with Crippen LogP contribution >= 0.6 is 0 Å². The predicted octanol–water partition coefficient (Wildman–Crippen LogP) is 2.32. The Balaban J connectivity index is 3.11. The van der Waals surface area contributed by atoms with E-state index in [1.165, 1.54) is 10.9 Å². The van der Waals surface area contributed by atoms with Crippen molar-refractivity contribution in [1.82, 2.24) is 9.78 Å². The first-order valence-electron chi connectivity index (χ1n) is 4.88. The number of aryl methyl sites for hydroxylation is 1. The highest BCUT2D eigenvalue weighted by Gasteiger charge is 2.21. The second-order valence-corrected chi connectivity index (χ2v) is 9.99. The summed E-state index contributed by atoms with van der Waals surface area (Å²) in [5, 5.41) is 6.02. The zero-order valence-electron chi connectivity index (χ0n) is 9.55. The Morgan fingerprint density at radius 1 is 1.31 bits per heavy atom. The molecule has 74 valence electrons. The molecule has 0 unspecified atom stereocenters. The lowest BCUT2D eigenvalue weighted by Crippen LogP contribution is -2.38. The van der Waals surface area contributed by atoms with Crippen molar-refractivity contribution in [3.8, 4) is 0 Å². The highest BCUT2D eigenvalue weighted by atomic mass is 28.3. The first-order valence-corrected chi connectivity index (χ1v) is 8.38. The normalized spacial score (nSPS) is 12.5. The van der Waals surface area contributed by atoms with Crippen molar-refractivity contribution in [1.29, 1.82) is 0 Å². The Labute approximate surface area is 82.0 Å². The summed E-state index contributed by atoms with van der Waals surface area (Å²) >= 11 is 0. The van der Waals surface area contributed by atoms with Crippen LogP contribution in [0.25, 0.3) is 0 Å². The van der Waals surface area contributed by atoms with Gasteiger partial charge in [-0.25, -0.2) is 0 Å². The predicted molar refractivity (Wildman–Crippen MR) is 60.3 cm³/mol. The topological polar surface area (TPSA) is 17.8 Å². The third kappa shape index (κ3) is 2.21. The number of hydrogen-bond acceptors (Lipinski definition) is 1. The second-order valence-electron chi connectivity index (χ2n) is 4.95. The first kappa shape index (κ1) is 10.5. The zero-order chi connectivity index (χ0) is 10.2. The fourth-order valence-electron chi connectivity index (χ4n) is 1.48. The van der Waals surface area contributed by atoms with Crippen LogP contribution in [0.2, 0.25) is 19.6 Å². The van der Waals surface area contributed by atoms with Crippen molar-refractivity contribution in [2.45, 2.75) is 46.5 Å². The molecule has 1 aromatic heterocycles. The van der Waals surface area contributed by atoms with Crippen LogP contribution in [-0.4, -0.2) is 17.9 Å². The second kappa shape index (κ2) is 3.29. The SMILES string of the molecule is Cc1nn(C(C)C)cc1[Si](C)(C)C. The summed E-state index contributed by atoms with van der Waals surface area (Å²) in [5.74, 6) is 0. The van der Waals surface area contributed by atoms with E-state index in [2.05, 4.69) is 56.4 Å². The summed E-state index contributed by atoms with van der Waals surface area (Å²) in [4.78, 5) is 0. The van der Waals surface area contributed by atoms with Gasteiger partial charge in [0.05, 0.1) is 13.8 Å². The third-order valence-electron chi connectivity index (χ3n) is 2.25. The first-order chi connectivity index (χ1) is 5.82.